The fraction of sp³-hybridized carbons (Fsp3) is 0.500. The van der Waals surface area contributed by atoms with Crippen molar-refractivity contribution in [3.63, 3.8) is 0 Å². The molecule has 96 valence electrons. The molecular formula is C12H15ClN4S. The number of aryl methyl sites for hydroxylation is 2. The molecular weight excluding hydrogens is 268 g/mol. The first-order chi connectivity index (χ1) is 8.79. The van der Waals surface area contributed by atoms with Crippen molar-refractivity contribution in [3.8, 4) is 0 Å². The lowest BCUT2D eigenvalue weighted by Gasteiger charge is -2.12. The zero-order chi connectivity index (χ0) is 12.5. The maximum Gasteiger partial charge on any atom is 0.225 e. The summed E-state index contributed by atoms with van der Waals surface area (Å²) < 4.78 is 0. The van der Waals surface area contributed by atoms with Gasteiger partial charge in [0.1, 0.15) is 10.6 Å². The molecule has 4 nitrogen and oxygen atoms in total. The highest BCUT2D eigenvalue weighted by molar-refractivity contribution is 7.19. The lowest BCUT2D eigenvalue weighted by molar-refractivity contribution is 0.700. The second-order valence-corrected chi connectivity index (χ2v) is 5.87. The van der Waals surface area contributed by atoms with Crippen LogP contribution in [0.15, 0.2) is 0 Å². The summed E-state index contributed by atoms with van der Waals surface area (Å²) in [7, 11) is 0. The van der Waals surface area contributed by atoms with E-state index in [1.165, 1.54) is 23.3 Å². The molecule has 2 aromatic heterocycles. The van der Waals surface area contributed by atoms with Crippen LogP contribution < -0.4 is 11.1 Å². The minimum absolute atomic E-state index is 0.306. The molecule has 0 spiro atoms. The third kappa shape index (κ3) is 2.06. The zero-order valence-corrected chi connectivity index (χ0v) is 11.6. The van der Waals surface area contributed by atoms with Gasteiger partial charge in [-0.2, -0.15) is 0 Å². The number of hydrogen-bond donors (Lipinski definition) is 2. The summed E-state index contributed by atoms with van der Waals surface area (Å²) in [5.41, 5.74) is 6.95. The second kappa shape index (κ2) is 4.99. The van der Waals surface area contributed by atoms with Crippen LogP contribution in [0.1, 0.15) is 23.3 Å². The number of nitrogens with one attached hydrogen (secondary N) is 1. The molecule has 0 bridgehead atoms. The first kappa shape index (κ1) is 12.1. The normalized spacial score (nSPS) is 14.8. The summed E-state index contributed by atoms with van der Waals surface area (Å²) in [6.07, 6.45) is 4.80. The molecule has 6 heteroatoms. The molecule has 0 fully saturated rings. The Morgan fingerprint density at radius 3 is 2.94 bits per heavy atom. The van der Waals surface area contributed by atoms with Crippen LogP contribution >= 0.6 is 22.9 Å². The SMILES string of the molecule is NCCNc1nc(Cl)nc2sc3c(c12)CCCC3. The lowest BCUT2D eigenvalue weighted by Crippen LogP contribution is -2.14. The van der Waals surface area contributed by atoms with Gasteiger partial charge in [-0.25, -0.2) is 9.97 Å². The van der Waals surface area contributed by atoms with E-state index < -0.39 is 0 Å². The number of halogens is 1. The molecule has 0 amide bonds. The van der Waals surface area contributed by atoms with E-state index in [2.05, 4.69) is 15.3 Å². The molecule has 0 aliphatic heterocycles. The van der Waals surface area contributed by atoms with E-state index >= 15 is 0 Å². The average molecular weight is 283 g/mol. The van der Waals surface area contributed by atoms with Crippen LogP contribution in [-0.2, 0) is 12.8 Å². The Bertz CT molecular complexity index is 581. The van der Waals surface area contributed by atoms with Crippen molar-refractivity contribution in [2.24, 2.45) is 5.73 Å². The fourth-order valence-corrected chi connectivity index (χ4v) is 3.93. The summed E-state index contributed by atoms with van der Waals surface area (Å²) in [4.78, 5) is 11.1. The molecule has 1 aliphatic rings. The van der Waals surface area contributed by atoms with E-state index in [1.807, 2.05) is 0 Å². The Morgan fingerprint density at radius 1 is 1.28 bits per heavy atom. The first-order valence-corrected chi connectivity index (χ1v) is 7.41. The van der Waals surface area contributed by atoms with Crippen LogP contribution in [0.3, 0.4) is 0 Å². The molecule has 0 unspecified atom stereocenters. The minimum Gasteiger partial charge on any atom is -0.368 e. The van der Waals surface area contributed by atoms with E-state index in [0.29, 0.717) is 18.4 Å². The molecule has 2 heterocycles. The molecule has 18 heavy (non-hydrogen) atoms. The number of nitrogens with zero attached hydrogens (tertiary/aromatic N) is 2. The highest BCUT2D eigenvalue weighted by Gasteiger charge is 2.20. The highest BCUT2D eigenvalue weighted by atomic mass is 35.5. The number of hydrogen-bond acceptors (Lipinski definition) is 5. The van der Waals surface area contributed by atoms with E-state index in [9.17, 15) is 0 Å². The Labute approximate surface area is 115 Å². The number of anilines is 1. The van der Waals surface area contributed by atoms with Crippen LogP contribution in [0, 0.1) is 0 Å². The van der Waals surface area contributed by atoms with Crippen LogP contribution in [0.2, 0.25) is 5.28 Å². The third-order valence-corrected chi connectivity index (χ3v) is 4.58. The second-order valence-electron chi connectivity index (χ2n) is 4.45. The fourth-order valence-electron chi connectivity index (χ4n) is 2.45. The van der Waals surface area contributed by atoms with Crippen LogP contribution in [-0.4, -0.2) is 23.1 Å². The molecule has 3 N–H and O–H groups in total. The molecule has 0 saturated heterocycles. The Hall–Kier alpha value is -0.910. The Morgan fingerprint density at radius 2 is 2.11 bits per heavy atom. The number of rotatable bonds is 3. The summed E-state index contributed by atoms with van der Waals surface area (Å²) in [6.45, 7) is 1.28. The lowest BCUT2D eigenvalue weighted by atomic mass is 9.97. The van der Waals surface area contributed by atoms with E-state index in [1.54, 1.807) is 11.3 Å². The van der Waals surface area contributed by atoms with Crippen molar-refractivity contribution >= 4 is 39.0 Å². The van der Waals surface area contributed by atoms with Gasteiger partial charge in [0.15, 0.2) is 0 Å². The molecule has 2 aromatic rings. The number of nitrogens with two attached hydrogens (primary N) is 1. The van der Waals surface area contributed by atoms with Crippen molar-refractivity contribution in [1.82, 2.24) is 9.97 Å². The van der Waals surface area contributed by atoms with Crippen molar-refractivity contribution < 1.29 is 0 Å². The van der Waals surface area contributed by atoms with Gasteiger partial charge in [0.05, 0.1) is 5.39 Å². The number of thiophene rings is 1. The molecule has 0 saturated carbocycles. The number of aromatic nitrogens is 2. The van der Waals surface area contributed by atoms with Gasteiger partial charge in [-0.3, -0.25) is 0 Å². The van der Waals surface area contributed by atoms with Crippen LogP contribution in [0.5, 0.6) is 0 Å². The van der Waals surface area contributed by atoms with E-state index in [0.717, 1.165) is 28.9 Å². The molecule has 0 radical (unpaired) electrons. The largest absolute Gasteiger partial charge is 0.368 e. The minimum atomic E-state index is 0.306. The Balaban J connectivity index is 2.16. The maximum absolute atomic E-state index is 5.98. The smallest absolute Gasteiger partial charge is 0.225 e. The maximum atomic E-state index is 5.98. The van der Waals surface area contributed by atoms with Gasteiger partial charge < -0.3 is 11.1 Å². The topological polar surface area (TPSA) is 63.8 Å². The summed E-state index contributed by atoms with van der Waals surface area (Å²) in [6, 6.07) is 0. The summed E-state index contributed by atoms with van der Waals surface area (Å²) in [5.74, 6) is 0.842. The predicted octanol–water partition coefficient (Wildman–Crippen LogP) is 2.59. The molecule has 1 aliphatic carbocycles. The average Bonchev–Trinajstić information content (AvgIpc) is 2.73. The van der Waals surface area contributed by atoms with E-state index in [-0.39, 0.29) is 0 Å². The molecule has 3 rings (SSSR count). The number of fused-ring (bicyclic) bond motifs is 3. The van der Waals surface area contributed by atoms with Gasteiger partial charge in [-0.1, -0.05) is 0 Å². The monoisotopic (exact) mass is 282 g/mol. The van der Waals surface area contributed by atoms with Gasteiger partial charge in [0.2, 0.25) is 5.28 Å². The van der Waals surface area contributed by atoms with Crippen molar-refractivity contribution in [2.45, 2.75) is 25.7 Å². The first-order valence-electron chi connectivity index (χ1n) is 6.21. The predicted molar refractivity (Wildman–Crippen MR) is 76.6 cm³/mol. The third-order valence-electron chi connectivity index (χ3n) is 3.22. The standard InChI is InChI=1S/C12H15ClN4S/c13-12-16-10(15-6-5-14)9-7-3-1-2-4-8(7)18-11(9)17-12/h1-6,14H2,(H,15,16,17). The summed E-state index contributed by atoms with van der Waals surface area (Å²) >= 11 is 7.73. The summed E-state index contributed by atoms with van der Waals surface area (Å²) in [5, 5.41) is 4.73. The van der Waals surface area contributed by atoms with Gasteiger partial charge in [0, 0.05) is 18.0 Å². The Kier molecular flexibility index (Phi) is 3.37. The molecule has 0 atom stereocenters. The van der Waals surface area contributed by atoms with Gasteiger partial charge >= 0.3 is 0 Å². The highest BCUT2D eigenvalue weighted by Crippen LogP contribution is 2.38. The zero-order valence-electron chi connectivity index (χ0n) is 10.0. The van der Waals surface area contributed by atoms with Crippen molar-refractivity contribution in [3.05, 3.63) is 15.7 Å². The van der Waals surface area contributed by atoms with Gasteiger partial charge in [-0.15, -0.1) is 11.3 Å². The van der Waals surface area contributed by atoms with Crippen LogP contribution in [0.4, 0.5) is 5.82 Å². The van der Waals surface area contributed by atoms with Gasteiger partial charge in [-0.05, 0) is 42.8 Å². The van der Waals surface area contributed by atoms with Gasteiger partial charge in [0.25, 0.3) is 0 Å². The van der Waals surface area contributed by atoms with Crippen LogP contribution in [0.25, 0.3) is 10.2 Å². The van der Waals surface area contributed by atoms with E-state index in [4.69, 9.17) is 17.3 Å². The van der Waals surface area contributed by atoms with Crippen molar-refractivity contribution in [1.29, 1.82) is 0 Å². The quantitative estimate of drug-likeness (QED) is 0.850. The molecule has 0 aromatic carbocycles. The van der Waals surface area contributed by atoms with Crippen molar-refractivity contribution in [2.75, 3.05) is 18.4 Å².